The van der Waals surface area contributed by atoms with Crippen LogP contribution in [-0.2, 0) is 11.3 Å². The lowest BCUT2D eigenvalue weighted by molar-refractivity contribution is 0.0750. The van der Waals surface area contributed by atoms with Gasteiger partial charge in [0, 0.05) is 6.61 Å². The Kier molecular flexibility index (Phi) is 2.33. The monoisotopic (exact) mass is 182 g/mol. The molecule has 0 bridgehead atoms. The highest BCUT2D eigenvalue weighted by Crippen LogP contribution is 2.34. The van der Waals surface area contributed by atoms with Crippen molar-refractivity contribution in [2.75, 3.05) is 6.61 Å². The molecule has 1 aliphatic rings. The Morgan fingerprint density at radius 3 is 3.08 bits per heavy atom. The number of oxazole rings is 1. The first kappa shape index (κ1) is 8.72. The van der Waals surface area contributed by atoms with Gasteiger partial charge in [-0.15, -0.1) is 0 Å². The molecule has 4 nitrogen and oxygen atoms in total. The van der Waals surface area contributed by atoms with Gasteiger partial charge in [0.05, 0.1) is 12.7 Å². The number of nitrogens with two attached hydrogens (primary N) is 1. The summed E-state index contributed by atoms with van der Waals surface area (Å²) in [6.07, 6.45) is 2.88. The second-order valence-corrected chi connectivity index (χ2v) is 3.42. The molecule has 1 fully saturated rings. The molecular weight excluding hydrogens is 168 g/mol. The first-order chi connectivity index (χ1) is 6.31. The Labute approximate surface area is 77.1 Å². The molecule has 2 rings (SSSR count). The van der Waals surface area contributed by atoms with E-state index >= 15 is 0 Å². The fourth-order valence-electron chi connectivity index (χ4n) is 1.61. The highest BCUT2D eigenvalue weighted by atomic mass is 16.5. The molecule has 0 spiro atoms. The van der Waals surface area contributed by atoms with E-state index in [9.17, 15) is 0 Å². The van der Waals surface area contributed by atoms with Gasteiger partial charge in [-0.2, -0.15) is 0 Å². The highest BCUT2D eigenvalue weighted by molar-refractivity contribution is 5.01. The molecule has 13 heavy (non-hydrogen) atoms. The maximum absolute atomic E-state index is 5.53. The summed E-state index contributed by atoms with van der Waals surface area (Å²) < 4.78 is 11.0. The number of hydrogen-bond donors (Lipinski definition) is 1. The van der Waals surface area contributed by atoms with Crippen molar-refractivity contribution in [3.8, 4) is 0 Å². The average molecular weight is 182 g/mol. The van der Waals surface area contributed by atoms with Gasteiger partial charge in [-0.25, -0.2) is 4.98 Å². The molecule has 1 aromatic rings. The average Bonchev–Trinajstić information content (AvgIpc) is 2.71. The quantitative estimate of drug-likeness (QED) is 0.747. The van der Waals surface area contributed by atoms with Crippen LogP contribution in [0.25, 0.3) is 0 Å². The van der Waals surface area contributed by atoms with Crippen molar-refractivity contribution in [3.63, 3.8) is 0 Å². The lowest BCUT2D eigenvalue weighted by Gasteiger charge is -2.09. The fourth-order valence-corrected chi connectivity index (χ4v) is 1.61. The number of aromatic nitrogens is 1. The van der Waals surface area contributed by atoms with Crippen LogP contribution in [0.5, 0.6) is 0 Å². The lowest BCUT2D eigenvalue weighted by atomic mass is 10.0. The van der Waals surface area contributed by atoms with E-state index in [2.05, 4.69) is 11.9 Å². The van der Waals surface area contributed by atoms with E-state index in [0.717, 1.165) is 18.8 Å². The number of nitrogens with zero attached hydrogens (tertiary/aromatic N) is 1. The minimum absolute atomic E-state index is 0.0767. The molecule has 2 heterocycles. The predicted octanol–water partition coefficient (Wildman–Crippen LogP) is 1.23. The molecule has 4 heteroatoms. The van der Waals surface area contributed by atoms with Crippen LogP contribution in [0, 0.1) is 5.92 Å². The van der Waals surface area contributed by atoms with Crippen LogP contribution in [0.15, 0.2) is 10.6 Å². The van der Waals surface area contributed by atoms with Gasteiger partial charge in [0.25, 0.3) is 0 Å². The summed E-state index contributed by atoms with van der Waals surface area (Å²) in [7, 11) is 0. The number of hydrogen-bond acceptors (Lipinski definition) is 4. The number of rotatable bonds is 2. The standard InChI is InChI=1S/C9H14N2O2/c1-6-2-3-12-9(6)7-5-11-8(4-10)13-7/h5-6,9H,2-4,10H2,1H3. The molecule has 0 aliphatic carbocycles. The lowest BCUT2D eigenvalue weighted by Crippen LogP contribution is -2.02. The van der Waals surface area contributed by atoms with Gasteiger partial charge < -0.3 is 14.9 Å². The molecular formula is C9H14N2O2. The maximum atomic E-state index is 5.53. The highest BCUT2D eigenvalue weighted by Gasteiger charge is 2.28. The molecule has 2 unspecified atom stereocenters. The van der Waals surface area contributed by atoms with Crippen molar-refractivity contribution in [2.45, 2.75) is 26.0 Å². The van der Waals surface area contributed by atoms with Crippen molar-refractivity contribution < 1.29 is 9.15 Å². The molecule has 0 radical (unpaired) electrons. The van der Waals surface area contributed by atoms with E-state index in [1.165, 1.54) is 0 Å². The minimum atomic E-state index is 0.0767. The number of ether oxygens (including phenoxy) is 1. The summed E-state index contributed by atoms with van der Waals surface area (Å²) >= 11 is 0. The summed E-state index contributed by atoms with van der Waals surface area (Å²) in [6, 6.07) is 0. The van der Waals surface area contributed by atoms with Crippen LogP contribution in [-0.4, -0.2) is 11.6 Å². The molecule has 1 saturated heterocycles. The van der Waals surface area contributed by atoms with E-state index in [4.69, 9.17) is 14.9 Å². The minimum Gasteiger partial charge on any atom is -0.442 e. The summed E-state index contributed by atoms with van der Waals surface area (Å²) in [5.41, 5.74) is 5.40. The molecule has 1 aliphatic heterocycles. The SMILES string of the molecule is CC1CCOC1c1cnc(CN)o1. The van der Waals surface area contributed by atoms with Gasteiger partial charge in [0.1, 0.15) is 6.10 Å². The van der Waals surface area contributed by atoms with Gasteiger partial charge in [-0.05, 0) is 12.3 Å². The molecule has 1 aromatic heterocycles. The van der Waals surface area contributed by atoms with E-state index in [1.807, 2.05) is 0 Å². The third-order valence-electron chi connectivity index (χ3n) is 2.41. The van der Waals surface area contributed by atoms with Gasteiger partial charge in [-0.1, -0.05) is 6.92 Å². The first-order valence-corrected chi connectivity index (χ1v) is 4.57. The Morgan fingerprint density at radius 1 is 1.69 bits per heavy atom. The Morgan fingerprint density at radius 2 is 2.54 bits per heavy atom. The zero-order valence-corrected chi connectivity index (χ0v) is 7.69. The summed E-state index contributed by atoms with van der Waals surface area (Å²) in [5.74, 6) is 1.90. The van der Waals surface area contributed by atoms with Gasteiger partial charge in [0.15, 0.2) is 5.76 Å². The van der Waals surface area contributed by atoms with Gasteiger partial charge >= 0.3 is 0 Å². The maximum Gasteiger partial charge on any atom is 0.208 e. The van der Waals surface area contributed by atoms with Crippen LogP contribution in [0.4, 0.5) is 0 Å². The third-order valence-corrected chi connectivity index (χ3v) is 2.41. The van der Waals surface area contributed by atoms with E-state index < -0.39 is 0 Å². The van der Waals surface area contributed by atoms with E-state index in [1.54, 1.807) is 6.20 Å². The van der Waals surface area contributed by atoms with Crippen LogP contribution in [0.3, 0.4) is 0 Å². The third kappa shape index (κ3) is 1.59. The largest absolute Gasteiger partial charge is 0.442 e. The van der Waals surface area contributed by atoms with Crippen LogP contribution < -0.4 is 5.73 Å². The Hall–Kier alpha value is -0.870. The van der Waals surface area contributed by atoms with E-state index in [-0.39, 0.29) is 6.10 Å². The van der Waals surface area contributed by atoms with Crippen molar-refractivity contribution in [2.24, 2.45) is 11.7 Å². The van der Waals surface area contributed by atoms with Crippen LogP contribution >= 0.6 is 0 Å². The predicted molar refractivity (Wildman–Crippen MR) is 46.9 cm³/mol. The zero-order valence-electron chi connectivity index (χ0n) is 7.69. The Balaban J connectivity index is 2.15. The summed E-state index contributed by atoms with van der Waals surface area (Å²) in [6.45, 7) is 3.31. The van der Waals surface area contributed by atoms with Crippen LogP contribution in [0.1, 0.15) is 31.1 Å². The van der Waals surface area contributed by atoms with Gasteiger partial charge in [-0.3, -0.25) is 0 Å². The second kappa shape index (κ2) is 3.47. The first-order valence-electron chi connectivity index (χ1n) is 4.57. The molecule has 0 amide bonds. The normalized spacial score (nSPS) is 28.2. The molecule has 0 aromatic carbocycles. The fraction of sp³-hybridized carbons (Fsp3) is 0.667. The smallest absolute Gasteiger partial charge is 0.208 e. The second-order valence-electron chi connectivity index (χ2n) is 3.42. The van der Waals surface area contributed by atoms with Crippen molar-refractivity contribution in [1.82, 2.24) is 4.98 Å². The van der Waals surface area contributed by atoms with Crippen molar-refractivity contribution >= 4 is 0 Å². The zero-order chi connectivity index (χ0) is 9.26. The Bertz CT molecular complexity index is 285. The summed E-state index contributed by atoms with van der Waals surface area (Å²) in [4.78, 5) is 4.04. The van der Waals surface area contributed by atoms with Crippen molar-refractivity contribution in [3.05, 3.63) is 17.8 Å². The molecule has 72 valence electrons. The molecule has 0 saturated carbocycles. The molecule has 2 atom stereocenters. The van der Waals surface area contributed by atoms with E-state index in [0.29, 0.717) is 18.4 Å². The topological polar surface area (TPSA) is 61.3 Å². The molecule has 2 N–H and O–H groups in total. The van der Waals surface area contributed by atoms with Crippen LogP contribution in [0.2, 0.25) is 0 Å². The van der Waals surface area contributed by atoms with Crippen molar-refractivity contribution in [1.29, 1.82) is 0 Å². The summed E-state index contributed by atoms with van der Waals surface area (Å²) in [5, 5.41) is 0. The van der Waals surface area contributed by atoms with Gasteiger partial charge in [0.2, 0.25) is 5.89 Å².